The summed E-state index contributed by atoms with van der Waals surface area (Å²) in [6.07, 6.45) is 1.24. The Hall–Kier alpha value is -2.37. The molecule has 0 radical (unpaired) electrons. The predicted octanol–water partition coefficient (Wildman–Crippen LogP) is 3.46. The Balaban J connectivity index is 1.68. The summed E-state index contributed by atoms with van der Waals surface area (Å²) in [7, 11) is 0. The van der Waals surface area contributed by atoms with Crippen molar-refractivity contribution in [3.05, 3.63) is 59.1 Å². The molecule has 0 bridgehead atoms. The minimum atomic E-state index is -0.146. The summed E-state index contributed by atoms with van der Waals surface area (Å²) in [5.41, 5.74) is 2.49. The van der Waals surface area contributed by atoms with E-state index in [1.54, 1.807) is 24.3 Å². The Morgan fingerprint density at radius 3 is 2.40 bits per heavy atom. The average Bonchev–Trinajstić information content (AvgIpc) is 2.54. The SMILES string of the molecule is CC(=O)Nc1cccc(NC(=O)CCNCCc2cccc(Cl)c2)c1. The molecule has 3 N–H and O–H groups in total. The molecule has 0 saturated carbocycles. The first-order valence-corrected chi connectivity index (χ1v) is 8.53. The van der Waals surface area contributed by atoms with Crippen molar-refractivity contribution in [2.24, 2.45) is 0 Å². The number of halogens is 1. The van der Waals surface area contributed by atoms with Gasteiger partial charge in [0.25, 0.3) is 0 Å². The van der Waals surface area contributed by atoms with Crippen LogP contribution in [0.1, 0.15) is 18.9 Å². The standard InChI is InChI=1S/C19H22ClN3O2/c1-14(24)22-17-6-3-7-18(13-17)23-19(25)9-11-21-10-8-15-4-2-5-16(20)12-15/h2-7,12-13,21H,8-11H2,1H3,(H,22,24)(H,23,25). The lowest BCUT2D eigenvalue weighted by molar-refractivity contribution is -0.116. The molecule has 0 atom stereocenters. The van der Waals surface area contributed by atoms with Gasteiger partial charge >= 0.3 is 0 Å². The van der Waals surface area contributed by atoms with Crippen LogP contribution in [0.25, 0.3) is 0 Å². The van der Waals surface area contributed by atoms with Crippen molar-refractivity contribution >= 4 is 34.8 Å². The van der Waals surface area contributed by atoms with Crippen molar-refractivity contribution in [1.29, 1.82) is 0 Å². The van der Waals surface area contributed by atoms with Crippen molar-refractivity contribution in [2.45, 2.75) is 19.8 Å². The van der Waals surface area contributed by atoms with E-state index in [0.29, 0.717) is 24.3 Å². The summed E-state index contributed by atoms with van der Waals surface area (Å²) in [5.74, 6) is -0.220. The number of hydrogen-bond acceptors (Lipinski definition) is 3. The van der Waals surface area contributed by atoms with Crippen LogP contribution in [0.15, 0.2) is 48.5 Å². The molecule has 0 fully saturated rings. The van der Waals surface area contributed by atoms with Gasteiger partial charge in [-0.25, -0.2) is 0 Å². The Morgan fingerprint density at radius 1 is 0.960 bits per heavy atom. The van der Waals surface area contributed by atoms with E-state index >= 15 is 0 Å². The number of benzene rings is 2. The lowest BCUT2D eigenvalue weighted by Crippen LogP contribution is -2.23. The molecule has 0 aliphatic carbocycles. The predicted molar refractivity (Wildman–Crippen MR) is 102 cm³/mol. The molecular formula is C19H22ClN3O2. The first-order valence-electron chi connectivity index (χ1n) is 8.15. The topological polar surface area (TPSA) is 70.2 Å². The number of nitrogens with one attached hydrogen (secondary N) is 3. The smallest absolute Gasteiger partial charge is 0.225 e. The highest BCUT2D eigenvalue weighted by Gasteiger charge is 2.03. The van der Waals surface area contributed by atoms with E-state index in [1.165, 1.54) is 12.5 Å². The van der Waals surface area contributed by atoms with Gasteiger partial charge < -0.3 is 16.0 Å². The second-order valence-electron chi connectivity index (χ2n) is 5.69. The van der Waals surface area contributed by atoms with Crippen LogP contribution in [-0.4, -0.2) is 24.9 Å². The van der Waals surface area contributed by atoms with Gasteiger partial charge in [-0.15, -0.1) is 0 Å². The zero-order valence-electron chi connectivity index (χ0n) is 14.1. The second-order valence-corrected chi connectivity index (χ2v) is 6.13. The van der Waals surface area contributed by atoms with Crippen LogP contribution in [0.3, 0.4) is 0 Å². The van der Waals surface area contributed by atoms with Crippen LogP contribution in [0.2, 0.25) is 5.02 Å². The summed E-state index contributed by atoms with van der Waals surface area (Å²) in [6, 6.07) is 14.8. The number of carbonyl (C=O) groups excluding carboxylic acids is 2. The molecule has 2 aromatic rings. The number of carbonyl (C=O) groups is 2. The molecule has 2 aromatic carbocycles. The van der Waals surface area contributed by atoms with Gasteiger partial charge in [0.05, 0.1) is 0 Å². The summed E-state index contributed by atoms with van der Waals surface area (Å²) in [4.78, 5) is 23.0. The van der Waals surface area contributed by atoms with Crippen LogP contribution >= 0.6 is 11.6 Å². The van der Waals surface area contributed by atoms with Crippen LogP contribution < -0.4 is 16.0 Å². The number of hydrogen-bond donors (Lipinski definition) is 3. The van der Waals surface area contributed by atoms with E-state index in [4.69, 9.17) is 11.6 Å². The van der Waals surface area contributed by atoms with E-state index in [1.807, 2.05) is 24.3 Å². The largest absolute Gasteiger partial charge is 0.326 e. The fraction of sp³-hybridized carbons (Fsp3) is 0.263. The molecule has 2 rings (SSSR count). The molecule has 0 spiro atoms. The summed E-state index contributed by atoms with van der Waals surface area (Å²) < 4.78 is 0. The minimum Gasteiger partial charge on any atom is -0.326 e. The van der Waals surface area contributed by atoms with Gasteiger partial charge in [-0.1, -0.05) is 29.8 Å². The number of rotatable bonds is 8. The fourth-order valence-corrected chi connectivity index (χ4v) is 2.57. The van der Waals surface area contributed by atoms with Gasteiger partial charge in [0.2, 0.25) is 11.8 Å². The average molecular weight is 360 g/mol. The van der Waals surface area contributed by atoms with Gasteiger partial charge in [-0.05, 0) is 48.9 Å². The maximum Gasteiger partial charge on any atom is 0.225 e. The third-order valence-corrected chi connectivity index (χ3v) is 3.71. The van der Waals surface area contributed by atoms with E-state index in [2.05, 4.69) is 16.0 Å². The molecule has 2 amide bonds. The molecule has 0 heterocycles. The molecule has 0 unspecified atom stereocenters. The molecule has 6 heteroatoms. The second kappa shape index (κ2) is 9.81. The molecule has 0 saturated heterocycles. The van der Waals surface area contributed by atoms with Crippen LogP contribution in [-0.2, 0) is 16.0 Å². The van der Waals surface area contributed by atoms with Gasteiger partial charge in [-0.3, -0.25) is 9.59 Å². The van der Waals surface area contributed by atoms with Gasteiger partial charge in [0.15, 0.2) is 0 Å². The lowest BCUT2D eigenvalue weighted by atomic mass is 10.1. The van der Waals surface area contributed by atoms with Crippen LogP contribution in [0.5, 0.6) is 0 Å². The van der Waals surface area contributed by atoms with Gasteiger partial charge in [0, 0.05) is 36.3 Å². The van der Waals surface area contributed by atoms with Gasteiger partial charge in [-0.2, -0.15) is 0 Å². The molecule has 0 aromatic heterocycles. The molecule has 5 nitrogen and oxygen atoms in total. The normalized spacial score (nSPS) is 10.3. The molecular weight excluding hydrogens is 338 g/mol. The Morgan fingerprint density at radius 2 is 1.68 bits per heavy atom. The molecule has 25 heavy (non-hydrogen) atoms. The lowest BCUT2D eigenvalue weighted by Gasteiger charge is -2.08. The quantitative estimate of drug-likeness (QED) is 0.632. The Bertz CT molecular complexity index is 734. The van der Waals surface area contributed by atoms with Crippen molar-refractivity contribution in [1.82, 2.24) is 5.32 Å². The van der Waals surface area contributed by atoms with E-state index in [0.717, 1.165) is 18.0 Å². The van der Waals surface area contributed by atoms with E-state index in [-0.39, 0.29) is 11.8 Å². The van der Waals surface area contributed by atoms with Crippen molar-refractivity contribution in [3.8, 4) is 0 Å². The summed E-state index contributed by atoms with van der Waals surface area (Å²) in [5, 5.41) is 9.49. The fourth-order valence-electron chi connectivity index (χ4n) is 2.35. The van der Waals surface area contributed by atoms with Crippen molar-refractivity contribution in [2.75, 3.05) is 23.7 Å². The number of amides is 2. The minimum absolute atomic E-state index is 0.0739. The number of anilines is 2. The third kappa shape index (κ3) is 7.37. The van der Waals surface area contributed by atoms with Crippen molar-refractivity contribution in [3.63, 3.8) is 0 Å². The molecule has 132 valence electrons. The monoisotopic (exact) mass is 359 g/mol. The van der Waals surface area contributed by atoms with Gasteiger partial charge in [0.1, 0.15) is 0 Å². The van der Waals surface area contributed by atoms with Crippen molar-refractivity contribution < 1.29 is 9.59 Å². The summed E-state index contributed by atoms with van der Waals surface area (Å²) in [6.45, 7) is 2.82. The zero-order chi connectivity index (χ0) is 18.1. The highest BCUT2D eigenvalue weighted by molar-refractivity contribution is 6.30. The molecule has 0 aliphatic rings. The van der Waals surface area contributed by atoms with Crippen LogP contribution in [0.4, 0.5) is 11.4 Å². The summed E-state index contributed by atoms with van der Waals surface area (Å²) >= 11 is 5.95. The first-order chi connectivity index (χ1) is 12.0. The third-order valence-electron chi connectivity index (χ3n) is 3.48. The van der Waals surface area contributed by atoms with E-state index in [9.17, 15) is 9.59 Å². The maximum atomic E-state index is 12.0. The van der Waals surface area contributed by atoms with Crippen LogP contribution in [0, 0.1) is 0 Å². The Labute approximate surface area is 152 Å². The maximum absolute atomic E-state index is 12.0. The first kappa shape index (κ1) is 19.0. The highest BCUT2D eigenvalue weighted by atomic mass is 35.5. The highest BCUT2D eigenvalue weighted by Crippen LogP contribution is 2.15. The zero-order valence-corrected chi connectivity index (χ0v) is 14.9. The van der Waals surface area contributed by atoms with E-state index < -0.39 is 0 Å². The Kier molecular flexibility index (Phi) is 7.44. The molecule has 0 aliphatic heterocycles.